The zero-order valence-electron chi connectivity index (χ0n) is 12.7. The molecule has 2 saturated carbocycles. The van der Waals surface area contributed by atoms with Crippen LogP contribution in [-0.2, 0) is 9.53 Å². The number of rotatable bonds is 6. The molecule has 0 aromatic rings. The van der Waals surface area contributed by atoms with Crippen molar-refractivity contribution in [2.24, 2.45) is 34.8 Å². The van der Waals surface area contributed by atoms with Gasteiger partial charge in [0.05, 0.1) is 12.0 Å². The van der Waals surface area contributed by atoms with Gasteiger partial charge in [-0.3, -0.25) is 4.79 Å². The van der Waals surface area contributed by atoms with Crippen molar-refractivity contribution in [2.45, 2.75) is 52.9 Å². The number of esters is 1. The van der Waals surface area contributed by atoms with Gasteiger partial charge in [0.25, 0.3) is 0 Å². The first-order valence-corrected chi connectivity index (χ1v) is 7.90. The molecule has 0 aliphatic heterocycles. The highest BCUT2D eigenvalue weighted by Gasteiger charge is 2.54. The molecule has 2 rings (SSSR count). The molecule has 0 heterocycles. The second kappa shape index (κ2) is 5.82. The van der Waals surface area contributed by atoms with Crippen LogP contribution in [0.2, 0.25) is 0 Å². The summed E-state index contributed by atoms with van der Waals surface area (Å²) in [7, 11) is 0. The first-order chi connectivity index (χ1) is 9.03. The standard InChI is InChI=1S/C16H29NO2/c1-4-19-15(18)16(10-17,9-11(2)3)14-8-12-5-6-13(14)7-12/h11-14H,4-10,17H2,1-3H3. The first-order valence-electron chi connectivity index (χ1n) is 7.90. The molecule has 0 radical (unpaired) electrons. The number of ether oxygens (including phenoxy) is 1. The van der Waals surface area contributed by atoms with Crippen molar-refractivity contribution in [2.75, 3.05) is 13.2 Å². The molecule has 4 atom stereocenters. The number of nitrogens with two attached hydrogens (primary N) is 1. The molecule has 0 saturated heterocycles. The molecular weight excluding hydrogens is 238 g/mol. The number of hydrogen-bond donors (Lipinski definition) is 1. The van der Waals surface area contributed by atoms with E-state index in [0.29, 0.717) is 30.9 Å². The zero-order valence-corrected chi connectivity index (χ0v) is 12.7. The molecule has 3 heteroatoms. The summed E-state index contributed by atoms with van der Waals surface area (Å²) in [6.07, 6.45) is 6.01. The van der Waals surface area contributed by atoms with Gasteiger partial charge in [0.2, 0.25) is 0 Å². The maximum atomic E-state index is 12.6. The molecule has 0 aromatic heterocycles. The summed E-state index contributed by atoms with van der Waals surface area (Å²) >= 11 is 0. The molecule has 19 heavy (non-hydrogen) atoms. The Balaban J connectivity index is 2.24. The minimum atomic E-state index is -0.427. The molecule has 110 valence electrons. The molecule has 2 N–H and O–H groups in total. The van der Waals surface area contributed by atoms with Crippen LogP contribution in [0.3, 0.4) is 0 Å². The van der Waals surface area contributed by atoms with Crippen LogP contribution in [-0.4, -0.2) is 19.1 Å². The van der Waals surface area contributed by atoms with E-state index in [1.54, 1.807) is 0 Å². The second-order valence-electron chi connectivity index (χ2n) is 6.96. The van der Waals surface area contributed by atoms with Crippen LogP contribution in [0.15, 0.2) is 0 Å². The molecule has 0 spiro atoms. The molecule has 0 aromatic carbocycles. The van der Waals surface area contributed by atoms with Crippen molar-refractivity contribution in [3.05, 3.63) is 0 Å². The quantitative estimate of drug-likeness (QED) is 0.753. The molecule has 2 bridgehead atoms. The Morgan fingerprint density at radius 3 is 2.53 bits per heavy atom. The number of hydrogen-bond acceptors (Lipinski definition) is 3. The first kappa shape index (κ1) is 14.8. The van der Waals surface area contributed by atoms with Gasteiger partial charge >= 0.3 is 5.97 Å². The van der Waals surface area contributed by atoms with Crippen LogP contribution < -0.4 is 5.73 Å². The van der Waals surface area contributed by atoms with Crippen LogP contribution in [0.25, 0.3) is 0 Å². The van der Waals surface area contributed by atoms with Crippen LogP contribution in [0, 0.1) is 29.1 Å². The van der Waals surface area contributed by atoms with E-state index < -0.39 is 5.41 Å². The average molecular weight is 267 g/mol. The van der Waals surface area contributed by atoms with Gasteiger partial charge in [-0.25, -0.2) is 0 Å². The predicted octanol–water partition coefficient (Wildman–Crippen LogP) is 2.98. The highest BCUT2D eigenvalue weighted by molar-refractivity contribution is 5.77. The molecule has 2 aliphatic rings. The number of fused-ring (bicyclic) bond motifs is 2. The number of carbonyl (C=O) groups excluding carboxylic acids is 1. The van der Waals surface area contributed by atoms with Crippen molar-refractivity contribution >= 4 is 5.97 Å². The molecule has 3 nitrogen and oxygen atoms in total. The van der Waals surface area contributed by atoms with Gasteiger partial charge < -0.3 is 10.5 Å². The maximum absolute atomic E-state index is 12.6. The Hall–Kier alpha value is -0.570. The van der Waals surface area contributed by atoms with Gasteiger partial charge in [-0.15, -0.1) is 0 Å². The van der Waals surface area contributed by atoms with E-state index in [1.165, 1.54) is 25.7 Å². The summed E-state index contributed by atoms with van der Waals surface area (Å²) in [6, 6.07) is 0. The normalized spacial score (nSPS) is 32.6. The van der Waals surface area contributed by atoms with Crippen LogP contribution in [0.5, 0.6) is 0 Å². The lowest BCUT2D eigenvalue weighted by molar-refractivity contribution is -0.161. The highest BCUT2D eigenvalue weighted by atomic mass is 16.5. The highest BCUT2D eigenvalue weighted by Crippen LogP contribution is 2.56. The monoisotopic (exact) mass is 267 g/mol. The molecule has 0 amide bonds. The van der Waals surface area contributed by atoms with Crippen LogP contribution >= 0.6 is 0 Å². The summed E-state index contributed by atoms with van der Waals surface area (Å²) in [5.74, 6) is 2.44. The SMILES string of the molecule is CCOC(=O)C(CN)(CC(C)C)C1CC2CCC1C2. The Kier molecular flexibility index (Phi) is 4.54. The van der Waals surface area contributed by atoms with Crippen molar-refractivity contribution in [1.82, 2.24) is 0 Å². The summed E-state index contributed by atoms with van der Waals surface area (Å²) in [4.78, 5) is 12.6. The van der Waals surface area contributed by atoms with E-state index >= 15 is 0 Å². The summed E-state index contributed by atoms with van der Waals surface area (Å²) in [6.45, 7) is 7.14. The van der Waals surface area contributed by atoms with Gasteiger partial charge in [-0.1, -0.05) is 20.3 Å². The third-order valence-electron chi connectivity index (χ3n) is 5.27. The smallest absolute Gasteiger partial charge is 0.313 e. The topological polar surface area (TPSA) is 52.3 Å². The zero-order chi connectivity index (χ0) is 14.0. The minimum Gasteiger partial charge on any atom is -0.466 e. The largest absolute Gasteiger partial charge is 0.466 e. The Labute approximate surface area is 117 Å². The molecular formula is C16H29NO2. The van der Waals surface area contributed by atoms with Gasteiger partial charge in [0.1, 0.15) is 0 Å². The van der Waals surface area contributed by atoms with E-state index in [0.717, 1.165) is 12.3 Å². The minimum absolute atomic E-state index is 0.0382. The van der Waals surface area contributed by atoms with Gasteiger partial charge in [-0.2, -0.15) is 0 Å². The fourth-order valence-corrected chi connectivity index (χ4v) is 4.63. The van der Waals surface area contributed by atoms with Crippen LogP contribution in [0.1, 0.15) is 52.9 Å². The lowest BCUT2D eigenvalue weighted by atomic mass is 9.64. The van der Waals surface area contributed by atoms with E-state index in [1.807, 2.05) is 6.92 Å². The number of carbonyl (C=O) groups is 1. The Morgan fingerprint density at radius 2 is 2.11 bits per heavy atom. The van der Waals surface area contributed by atoms with Crippen LogP contribution in [0.4, 0.5) is 0 Å². The summed E-state index contributed by atoms with van der Waals surface area (Å²) < 4.78 is 5.40. The molecule has 2 aliphatic carbocycles. The fraction of sp³-hybridized carbons (Fsp3) is 0.938. The lowest BCUT2D eigenvalue weighted by Gasteiger charge is -2.41. The van der Waals surface area contributed by atoms with Gasteiger partial charge in [0, 0.05) is 6.54 Å². The second-order valence-corrected chi connectivity index (χ2v) is 6.96. The van der Waals surface area contributed by atoms with Crippen molar-refractivity contribution in [1.29, 1.82) is 0 Å². The molecule has 2 fully saturated rings. The van der Waals surface area contributed by atoms with Crippen molar-refractivity contribution < 1.29 is 9.53 Å². The van der Waals surface area contributed by atoms with E-state index in [-0.39, 0.29) is 5.97 Å². The lowest BCUT2D eigenvalue weighted by Crippen LogP contribution is -2.48. The van der Waals surface area contributed by atoms with E-state index in [2.05, 4.69) is 13.8 Å². The van der Waals surface area contributed by atoms with Crippen molar-refractivity contribution in [3.8, 4) is 0 Å². The third kappa shape index (κ3) is 2.67. The summed E-state index contributed by atoms with van der Waals surface area (Å²) in [5, 5.41) is 0. The summed E-state index contributed by atoms with van der Waals surface area (Å²) in [5.41, 5.74) is 5.67. The third-order valence-corrected chi connectivity index (χ3v) is 5.27. The van der Waals surface area contributed by atoms with E-state index in [9.17, 15) is 4.79 Å². The Bertz CT molecular complexity index is 329. The van der Waals surface area contributed by atoms with E-state index in [4.69, 9.17) is 10.5 Å². The van der Waals surface area contributed by atoms with Gasteiger partial charge in [0.15, 0.2) is 0 Å². The average Bonchev–Trinajstić information content (AvgIpc) is 2.98. The predicted molar refractivity (Wildman–Crippen MR) is 76.5 cm³/mol. The van der Waals surface area contributed by atoms with Crippen molar-refractivity contribution in [3.63, 3.8) is 0 Å². The fourth-order valence-electron chi connectivity index (χ4n) is 4.63. The molecule has 4 unspecified atom stereocenters. The maximum Gasteiger partial charge on any atom is 0.313 e. The van der Waals surface area contributed by atoms with Gasteiger partial charge in [-0.05, 0) is 56.3 Å². The Morgan fingerprint density at radius 1 is 1.37 bits per heavy atom.